The summed E-state index contributed by atoms with van der Waals surface area (Å²) in [5.41, 5.74) is 1.91. The van der Waals surface area contributed by atoms with Gasteiger partial charge in [0, 0.05) is 31.8 Å². The van der Waals surface area contributed by atoms with Crippen LogP contribution in [0.25, 0.3) is 0 Å². The number of amidine groups is 1. The van der Waals surface area contributed by atoms with Crippen molar-refractivity contribution in [2.24, 2.45) is 5.92 Å². The molecule has 13 nitrogen and oxygen atoms in total. The standard InChI is InChI=1S/C28H41FN8O5/c1-3-5-19-12-20(10-17-6-4-9-36(19)14-17)42-35-24-21(29)13-32-26(34-24)33-18-7-8-23-22(11-18)37(27(40)31-2)25(30)28(15-38,16-39)41-23/h11,13,17,19-20,30,38-39H,3-10,12,14-16H2,1-2H3,(H,31,40)(H2,32,33,34,35)/t17-,19?,20-/m1/s1. The number of nitrogens with zero attached hydrogens (tertiary/aromatic N) is 4. The minimum absolute atomic E-state index is 0.0610. The van der Waals surface area contributed by atoms with E-state index in [4.69, 9.17) is 15.0 Å². The second-order valence-electron chi connectivity index (χ2n) is 11.4. The van der Waals surface area contributed by atoms with Crippen LogP contribution in [0.5, 0.6) is 0 Å². The lowest BCUT2D eigenvalue weighted by Gasteiger charge is -2.43. The summed E-state index contributed by atoms with van der Waals surface area (Å²) in [5, 5.41) is 33.8. The summed E-state index contributed by atoms with van der Waals surface area (Å²) >= 11 is 0. The third-order valence-electron chi connectivity index (χ3n) is 8.52. The van der Waals surface area contributed by atoms with Crippen molar-refractivity contribution in [3.63, 3.8) is 0 Å². The first-order valence-corrected chi connectivity index (χ1v) is 14.7. The van der Waals surface area contributed by atoms with Crippen LogP contribution in [0, 0.1) is 17.1 Å². The first kappa shape index (κ1) is 30.1. The first-order chi connectivity index (χ1) is 20.3. The van der Waals surface area contributed by atoms with Gasteiger partial charge in [-0.15, -0.1) is 0 Å². The SMILES string of the molecule is CCCC1C[C@H](ONc2nc(NC3=CC4=C(CC3)OC(CO)(CO)C(=N)N4C(=O)NC)ncc2F)C[C@H]2CCCN1C2. The zero-order valence-corrected chi connectivity index (χ0v) is 24.2. The summed E-state index contributed by atoms with van der Waals surface area (Å²) in [5.74, 6) is -0.0722. The lowest BCUT2D eigenvalue weighted by atomic mass is 9.94. The fourth-order valence-corrected chi connectivity index (χ4v) is 6.33. The number of carbonyl (C=O) groups is 1. The van der Waals surface area contributed by atoms with Crippen LogP contribution >= 0.6 is 0 Å². The van der Waals surface area contributed by atoms with E-state index in [-0.39, 0.29) is 23.6 Å². The van der Waals surface area contributed by atoms with Gasteiger partial charge in [0.1, 0.15) is 5.76 Å². The molecule has 1 aromatic heterocycles. The molecule has 4 aliphatic rings. The minimum atomic E-state index is -1.74. The Morgan fingerprint density at radius 2 is 2.12 bits per heavy atom. The highest BCUT2D eigenvalue weighted by Crippen LogP contribution is 2.37. The van der Waals surface area contributed by atoms with Crippen LogP contribution in [0.2, 0.25) is 0 Å². The van der Waals surface area contributed by atoms with Crippen LogP contribution < -0.4 is 16.1 Å². The molecular weight excluding hydrogens is 547 g/mol. The molecule has 2 bridgehead atoms. The summed E-state index contributed by atoms with van der Waals surface area (Å²) in [4.78, 5) is 30.8. The third kappa shape index (κ3) is 6.07. The summed E-state index contributed by atoms with van der Waals surface area (Å²) in [6, 6.07) is -0.168. The lowest BCUT2D eigenvalue weighted by Crippen LogP contribution is -2.60. The van der Waals surface area contributed by atoms with Gasteiger partial charge in [0.05, 0.1) is 31.2 Å². The maximum Gasteiger partial charge on any atom is 0.327 e. The number of aliphatic hydroxyl groups excluding tert-OH is 2. The Morgan fingerprint density at radius 1 is 1.31 bits per heavy atom. The molecule has 0 saturated carbocycles. The van der Waals surface area contributed by atoms with Crippen molar-refractivity contribution >= 4 is 23.6 Å². The van der Waals surface area contributed by atoms with Crippen LogP contribution in [0.4, 0.5) is 21.0 Å². The molecule has 5 rings (SSSR count). The molecule has 1 aromatic rings. The second kappa shape index (κ2) is 12.9. The molecule has 0 aromatic carbocycles. The number of nitrogens with one attached hydrogen (secondary N) is 4. The number of amides is 2. The molecule has 0 spiro atoms. The first-order valence-electron chi connectivity index (χ1n) is 14.7. The van der Waals surface area contributed by atoms with Crippen molar-refractivity contribution in [1.29, 1.82) is 5.41 Å². The van der Waals surface area contributed by atoms with Crippen LogP contribution in [0.15, 0.2) is 29.4 Å². The van der Waals surface area contributed by atoms with E-state index in [1.54, 1.807) is 6.08 Å². The highest BCUT2D eigenvalue weighted by atomic mass is 19.1. The zero-order chi connectivity index (χ0) is 29.9. The van der Waals surface area contributed by atoms with Crippen molar-refractivity contribution in [3.8, 4) is 0 Å². The molecule has 14 heteroatoms. The van der Waals surface area contributed by atoms with E-state index < -0.39 is 36.5 Å². The summed E-state index contributed by atoms with van der Waals surface area (Å²) in [7, 11) is 1.42. The van der Waals surface area contributed by atoms with E-state index in [1.807, 2.05) is 0 Å². The van der Waals surface area contributed by atoms with Gasteiger partial charge in [0.25, 0.3) is 0 Å². The molecule has 2 unspecified atom stereocenters. The van der Waals surface area contributed by atoms with Crippen molar-refractivity contribution in [3.05, 3.63) is 35.2 Å². The molecule has 2 amide bonds. The van der Waals surface area contributed by atoms with Gasteiger partial charge in [-0.1, -0.05) is 13.3 Å². The fourth-order valence-electron chi connectivity index (χ4n) is 6.33. The molecule has 3 aliphatic heterocycles. The quantitative estimate of drug-likeness (QED) is 0.236. The molecule has 42 heavy (non-hydrogen) atoms. The molecule has 1 aliphatic carbocycles. The summed E-state index contributed by atoms with van der Waals surface area (Å²) in [6.45, 7) is 3.06. The largest absolute Gasteiger partial charge is 0.477 e. The normalized spacial score (nSPS) is 26.9. The van der Waals surface area contributed by atoms with Crippen molar-refractivity contribution < 1.29 is 29.0 Å². The molecule has 0 radical (unpaired) electrons. The number of urea groups is 1. The number of hydrogen-bond donors (Lipinski definition) is 6. The van der Waals surface area contributed by atoms with Crippen molar-refractivity contribution in [1.82, 2.24) is 25.1 Å². The number of anilines is 2. The van der Waals surface area contributed by atoms with Gasteiger partial charge >= 0.3 is 6.03 Å². The van der Waals surface area contributed by atoms with E-state index in [0.29, 0.717) is 36.3 Å². The van der Waals surface area contributed by atoms with E-state index in [2.05, 4.69) is 37.9 Å². The number of rotatable bonds is 9. The van der Waals surface area contributed by atoms with Crippen molar-refractivity contribution in [2.45, 2.75) is 76.0 Å². The lowest BCUT2D eigenvalue weighted by molar-refractivity contribution is -0.0454. The predicted molar refractivity (Wildman–Crippen MR) is 153 cm³/mol. The van der Waals surface area contributed by atoms with E-state index >= 15 is 0 Å². The highest BCUT2D eigenvalue weighted by Gasteiger charge is 2.48. The molecule has 4 atom stereocenters. The average Bonchev–Trinajstić information content (AvgIpc) is 3.11. The van der Waals surface area contributed by atoms with Crippen LogP contribution in [-0.2, 0) is 9.57 Å². The van der Waals surface area contributed by atoms with Crippen LogP contribution in [-0.4, -0.2) is 92.9 Å². The van der Waals surface area contributed by atoms with Gasteiger partial charge < -0.3 is 30.5 Å². The Morgan fingerprint density at radius 3 is 2.86 bits per heavy atom. The maximum atomic E-state index is 14.7. The molecule has 6 N–H and O–H groups in total. The highest BCUT2D eigenvalue weighted by molar-refractivity contribution is 6.03. The average molecular weight is 589 g/mol. The number of carbonyl (C=O) groups excluding carboxylic acids is 1. The van der Waals surface area contributed by atoms with Gasteiger partial charge in [0.2, 0.25) is 11.5 Å². The Bertz CT molecular complexity index is 1240. The number of aliphatic hydroxyl groups is 2. The van der Waals surface area contributed by atoms with Crippen LogP contribution in [0.1, 0.15) is 58.3 Å². The zero-order valence-electron chi connectivity index (χ0n) is 24.2. The van der Waals surface area contributed by atoms with Gasteiger partial charge in [-0.25, -0.2) is 24.5 Å². The van der Waals surface area contributed by atoms with Gasteiger partial charge in [0.15, 0.2) is 17.5 Å². The summed E-state index contributed by atoms with van der Waals surface area (Å²) < 4.78 is 20.6. The van der Waals surface area contributed by atoms with E-state index in [0.717, 1.165) is 49.9 Å². The van der Waals surface area contributed by atoms with Gasteiger partial charge in [-0.2, -0.15) is 4.98 Å². The minimum Gasteiger partial charge on any atom is -0.477 e. The Balaban J connectivity index is 1.31. The Hall–Kier alpha value is -3.33. The maximum absolute atomic E-state index is 14.7. The molecular formula is C28H41FN8O5. The second-order valence-corrected chi connectivity index (χ2v) is 11.4. The van der Waals surface area contributed by atoms with E-state index in [9.17, 15) is 19.4 Å². The number of allylic oxidation sites excluding steroid dienone is 3. The van der Waals surface area contributed by atoms with Gasteiger partial charge in [-0.3, -0.25) is 10.2 Å². The molecule has 230 valence electrons. The van der Waals surface area contributed by atoms with Crippen molar-refractivity contribution in [2.75, 3.05) is 44.1 Å². The number of fused-ring (bicyclic) bond motifs is 2. The molecule has 2 fully saturated rings. The molecule has 2 saturated heterocycles. The van der Waals surface area contributed by atoms with Crippen LogP contribution in [0.3, 0.4) is 0 Å². The number of piperidine rings is 1. The number of hydrogen-bond acceptors (Lipinski definition) is 11. The number of aromatic nitrogens is 2. The Labute approximate surface area is 244 Å². The number of ether oxygens (including phenoxy) is 1. The van der Waals surface area contributed by atoms with E-state index in [1.165, 1.54) is 19.9 Å². The third-order valence-corrected chi connectivity index (χ3v) is 8.52. The monoisotopic (exact) mass is 588 g/mol. The fraction of sp³-hybridized carbons (Fsp3) is 0.643. The number of halogens is 1. The Kier molecular flexibility index (Phi) is 9.25. The smallest absolute Gasteiger partial charge is 0.327 e. The summed E-state index contributed by atoms with van der Waals surface area (Å²) in [6.07, 6.45) is 9.74. The predicted octanol–water partition coefficient (Wildman–Crippen LogP) is 2.68. The van der Waals surface area contributed by atoms with Gasteiger partial charge in [-0.05, 0) is 57.1 Å². The molecule has 4 heterocycles. The topological polar surface area (TPSA) is 168 Å².